The van der Waals surface area contributed by atoms with Crippen LogP contribution in [0.4, 0.5) is 0 Å². The first-order valence-electron chi connectivity index (χ1n) is 12.2. The van der Waals surface area contributed by atoms with Gasteiger partial charge in [0, 0.05) is 0 Å². The molecule has 0 aromatic heterocycles. The maximum atomic E-state index is 12.9. The molecule has 0 bridgehead atoms. The lowest BCUT2D eigenvalue weighted by molar-refractivity contribution is -0.278. The molecule has 0 radical (unpaired) electrons. The van der Waals surface area contributed by atoms with E-state index in [1.807, 2.05) is 36.4 Å². The molecule has 1 aromatic carbocycles. The maximum Gasteiger partial charge on any atom is 0.249 e. The molecule has 3 rings (SSSR count). The summed E-state index contributed by atoms with van der Waals surface area (Å²) >= 11 is 0. The highest BCUT2D eigenvalue weighted by atomic mass is 28.4. The first-order valence-corrected chi connectivity index (χ1v) is 22.4. The Morgan fingerprint density at radius 1 is 0.914 bits per heavy atom. The first kappa shape index (κ1) is 28.0. The van der Waals surface area contributed by atoms with E-state index in [2.05, 4.69) is 65.0 Å². The zero-order chi connectivity index (χ0) is 26.3. The Kier molecular flexibility index (Phi) is 7.76. The van der Waals surface area contributed by atoms with E-state index >= 15 is 0 Å². The minimum absolute atomic E-state index is 0.114. The standard InChI is InChI=1S/C25H40N2O5Si3/c1-33(2,3)30-22-23(31-34(4,5)6)25(19-26,32-35(7,8)9)16-15-24(22)17-21(28)27(24)29-18-20-13-11-10-12-14-20/h10-16,22-23H,17-18H2,1-9H3. The van der Waals surface area contributed by atoms with E-state index in [1.165, 1.54) is 5.06 Å². The van der Waals surface area contributed by atoms with Crippen molar-refractivity contribution in [1.82, 2.24) is 5.06 Å². The van der Waals surface area contributed by atoms with Crippen molar-refractivity contribution in [1.29, 1.82) is 5.26 Å². The summed E-state index contributed by atoms with van der Waals surface area (Å²) in [5, 5.41) is 11.9. The number of β-lactam (4-membered cyclic amide) rings is 1. The van der Waals surface area contributed by atoms with Gasteiger partial charge in [0.2, 0.25) is 5.91 Å². The average molecular weight is 533 g/mol. The minimum atomic E-state index is -2.17. The molecule has 1 aliphatic heterocycles. The van der Waals surface area contributed by atoms with Crippen molar-refractivity contribution in [2.24, 2.45) is 0 Å². The summed E-state index contributed by atoms with van der Waals surface area (Å²) in [5.74, 6) is -0.114. The number of benzene rings is 1. The molecule has 1 spiro atoms. The monoisotopic (exact) mass is 532 g/mol. The second-order valence-corrected chi connectivity index (χ2v) is 25.7. The molecule has 10 heteroatoms. The highest BCUT2D eigenvalue weighted by molar-refractivity contribution is 6.70. The van der Waals surface area contributed by atoms with Gasteiger partial charge >= 0.3 is 0 Å². The number of nitrogens with zero attached hydrogens (tertiary/aromatic N) is 2. The predicted octanol–water partition coefficient (Wildman–Crippen LogP) is 5.21. The molecule has 192 valence electrons. The van der Waals surface area contributed by atoms with E-state index in [9.17, 15) is 10.1 Å². The van der Waals surface area contributed by atoms with Crippen LogP contribution in [0.5, 0.6) is 0 Å². The Hall–Kier alpha value is -1.59. The van der Waals surface area contributed by atoms with Crippen LogP contribution in [-0.2, 0) is 29.5 Å². The van der Waals surface area contributed by atoms with Crippen molar-refractivity contribution in [3.05, 3.63) is 48.0 Å². The van der Waals surface area contributed by atoms with Gasteiger partial charge < -0.3 is 13.3 Å². The third-order valence-electron chi connectivity index (χ3n) is 5.66. The van der Waals surface area contributed by atoms with Gasteiger partial charge in [0.15, 0.2) is 30.6 Å². The normalized spacial score (nSPS) is 29.3. The summed E-state index contributed by atoms with van der Waals surface area (Å²) in [6, 6.07) is 12.2. The predicted molar refractivity (Wildman–Crippen MR) is 144 cm³/mol. The quantitative estimate of drug-likeness (QED) is 0.247. The molecule has 2 aliphatic rings. The lowest BCUT2D eigenvalue weighted by Crippen LogP contribution is -2.77. The number of hydrogen-bond donors (Lipinski definition) is 0. The largest absolute Gasteiger partial charge is 0.409 e. The van der Waals surface area contributed by atoms with Crippen molar-refractivity contribution in [2.45, 2.75) is 95.3 Å². The van der Waals surface area contributed by atoms with Crippen LogP contribution in [0.3, 0.4) is 0 Å². The van der Waals surface area contributed by atoms with Crippen molar-refractivity contribution in [3.8, 4) is 6.07 Å². The topological polar surface area (TPSA) is 81.0 Å². The van der Waals surface area contributed by atoms with Crippen LogP contribution in [0.2, 0.25) is 58.9 Å². The molecule has 0 N–H and O–H groups in total. The Morgan fingerprint density at radius 3 is 1.97 bits per heavy atom. The van der Waals surface area contributed by atoms with Crippen LogP contribution in [0.1, 0.15) is 12.0 Å². The Bertz CT molecular complexity index is 994. The van der Waals surface area contributed by atoms with E-state index in [4.69, 9.17) is 18.1 Å². The number of amides is 1. The number of hydroxylamine groups is 2. The van der Waals surface area contributed by atoms with E-state index in [0.717, 1.165) is 5.56 Å². The van der Waals surface area contributed by atoms with Gasteiger partial charge in [-0.05, 0) is 70.6 Å². The van der Waals surface area contributed by atoms with Gasteiger partial charge in [0.25, 0.3) is 0 Å². The molecule has 35 heavy (non-hydrogen) atoms. The van der Waals surface area contributed by atoms with Crippen LogP contribution >= 0.6 is 0 Å². The Labute approximate surface area is 213 Å². The molecule has 4 unspecified atom stereocenters. The minimum Gasteiger partial charge on any atom is -0.409 e. The maximum absolute atomic E-state index is 12.9. The molecular formula is C25H40N2O5Si3. The van der Waals surface area contributed by atoms with Crippen molar-refractivity contribution in [2.75, 3.05) is 0 Å². The lowest BCUT2D eigenvalue weighted by atomic mass is 9.70. The van der Waals surface area contributed by atoms with Gasteiger partial charge in [-0.1, -0.05) is 36.4 Å². The van der Waals surface area contributed by atoms with Gasteiger partial charge in [-0.25, -0.2) is 5.06 Å². The molecule has 1 aliphatic carbocycles. The van der Waals surface area contributed by atoms with Crippen molar-refractivity contribution in [3.63, 3.8) is 0 Å². The zero-order valence-electron chi connectivity index (χ0n) is 22.5. The molecule has 7 nitrogen and oxygen atoms in total. The van der Waals surface area contributed by atoms with Crippen LogP contribution in [0, 0.1) is 11.3 Å². The SMILES string of the molecule is C[Si](C)(C)OC1C(O[Si](C)(C)C)C2(C=CC1(C#N)O[Si](C)(C)C)CC(=O)N2OCc1ccccc1. The highest BCUT2D eigenvalue weighted by Crippen LogP contribution is 2.48. The second-order valence-electron chi connectivity index (χ2n) is 12.4. The van der Waals surface area contributed by atoms with E-state index in [-0.39, 0.29) is 18.9 Å². The summed E-state index contributed by atoms with van der Waals surface area (Å²) in [6.45, 7) is 19.0. The molecule has 1 fully saturated rings. The van der Waals surface area contributed by atoms with Gasteiger partial charge in [-0.2, -0.15) is 5.26 Å². The molecule has 0 saturated carbocycles. The number of nitriles is 1. The molecule has 1 saturated heterocycles. The van der Waals surface area contributed by atoms with Gasteiger partial charge in [-0.15, -0.1) is 0 Å². The zero-order valence-corrected chi connectivity index (χ0v) is 25.5. The second kappa shape index (κ2) is 9.70. The van der Waals surface area contributed by atoms with Gasteiger partial charge in [0.05, 0.1) is 6.42 Å². The summed E-state index contributed by atoms with van der Waals surface area (Å²) in [7, 11) is -6.48. The third kappa shape index (κ3) is 6.40. The van der Waals surface area contributed by atoms with E-state index in [0.29, 0.717) is 0 Å². The van der Waals surface area contributed by atoms with Crippen molar-refractivity contribution >= 4 is 30.9 Å². The smallest absolute Gasteiger partial charge is 0.249 e. The molecule has 1 amide bonds. The summed E-state index contributed by atoms with van der Waals surface area (Å²) in [6.07, 6.45) is 2.63. The van der Waals surface area contributed by atoms with Crippen LogP contribution in [0.25, 0.3) is 0 Å². The fourth-order valence-electron chi connectivity index (χ4n) is 4.52. The third-order valence-corrected chi connectivity index (χ3v) is 8.54. The molecular weight excluding hydrogens is 493 g/mol. The van der Waals surface area contributed by atoms with Crippen LogP contribution in [-0.4, -0.2) is 59.3 Å². The summed E-state index contributed by atoms with van der Waals surface area (Å²) in [5.41, 5.74) is -1.20. The van der Waals surface area contributed by atoms with E-state index in [1.54, 1.807) is 6.08 Å². The van der Waals surface area contributed by atoms with Gasteiger partial charge in [-0.3, -0.25) is 9.63 Å². The Morgan fingerprint density at radius 2 is 1.49 bits per heavy atom. The lowest BCUT2D eigenvalue weighted by Gasteiger charge is -2.59. The number of carbonyl (C=O) groups is 1. The number of rotatable bonds is 9. The fourth-order valence-corrected chi connectivity index (χ4v) is 7.91. The first-order chi connectivity index (χ1) is 16.0. The van der Waals surface area contributed by atoms with Crippen molar-refractivity contribution < 1.29 is 22.9 Å². The summed E-state index contributed by atoms with van der Waals surface area (Å²) < 4.78 is 20.1. The average Bonchev–Trinajstić information content (AvgIpc) is 2.70. The van der Waals surface area contributed by atoms with Gasteiger partial charge in [0.1, 0.15) is 30.4 Å². The molecule has 4 atom stereocenters. The summed E-state index contributed by atoms with van der Waals surface area (Å²) in [4.78, 5) is 19.0. The van der Waals surface area contributed by atoms with E-state index < -0.39 is 48.3 Å². The number of carbonyl (C=O) groups excluding carboxylic acids is 1. The Balaban J connectivity index is 2.10. The molecule has 1 heterocycles. The highest BCUT2D eigenvalue weighted by Gasteiger charge is 2.66. The fraction of sp³-hybridized carbons (Fsp3) is 0.600. The van der Waals surface area contributed by atoms with Crippen LogP contribution in [0.15, 0.2) is 42.5 Å². The van der Waals surface area contributed by atoms with Crippen LogP contribution < -0.4 is 0 Å². The molecule has 1 aromatic rings. The number of hydrogen-bond acceptors (Lipinski definition) is 6.